The molecule has 0 aliphatic heterocycles. The second-order valence-electron chi connectivity index (χ2n) is 4.37. The van der Waals surface area contributed by atoms with E-state index in [1.54, 1.807) is 0 Å². The highest BCUT2D eigenvalue weighted by Gasteiger charge is 2.72. The maximum absolute atomic E-state index is 11.8. The van der Waals surface area contributed by atoms with Crippen LogP contribution in [0.25, 0.3) is 0 Å². The minimum atomic E-state index is -4.11. The van der Waals surface area contributed by atoms with E-state index in [9.17, 15) is 55.4 Å². The molecule has 0 aliphatic carbocycles. The Bertz CT molecular complexity index is 766. The first-order chi connectivity index (χ1) is 11.9. The van der Waals surface area contributed by atoms with Crippen molar-refractivity contribution >= 4 is 17.3 Å². The maximum Gasteiger partial charge on any atom is 0.734 e. The maximum atomic E-state index is 11.8. The predicted octanol–water partition coefficient (Wildman–Crippen LogP) is 0.144. The van der Waals surface area contributed by atoms with Crippen LogP contribution in [0.5, 0.6) is 0 Å². The lowest BCUT2D eigenvalue weighted by molar-refractivity contribution is -0.970. The van der Waals surface area contributed by atoms with Crippen LogP contribution in [0, 0.1) is 50.6 Å². The molecule has 0 saturated carbocycles. The van der Waals surface area contributed by atoms with Crippen molar-refractivity contribution in [1.82, 2.24) is 0 Å². The quantitative estimate of drug-likeness (QED) is 0.255. The van der Waals surface area contributed by atoms with Gasteiger partial charge in [-0.2, -0.15) is 0 Å². The molecule has 0 radical (unpaired) electrons. The van der Waals surface area contributed by atoms with Crippen LogP contribution < -0.4 is 0 Å². The number of nitro groups is 5. The molecular formula is C9H5N5O12. The van der Waals surface area contributed by atoms with Gasteiger partial charge in [-0.15, -0.1) is 0 Å². The molecule has 0 heterocycles. The largest absolute Gasteiger partial charge is 0.734 e. The molecule has 0 aliphatic rings. The van der Waals surface area contributed by atoms with Crippen LogP contribution in [0.3, 0.4) is 0 Å². The molecule has 17 heteroatoms. The highest BCUT2D eigenvalue weighted by atomic mass is 16.7. The summed E-state index contributed by atoms with van der Waals surface area (Å²) in [5, 5.41) is 53.5. The molecule has 0 N–H and O–H groups in total. The summed E-state index contributed by atoms with van der Waals surface area (Å²) in [4.78, 5) is 57.3. The summed E-state index contributed by atoms with van der Waals surface area (Å²) in [6, 6.07) is 1.47. The van der Waals surface area contributed by atoms with Crippen LogP contribution in [0.4, 0.5) is 11.4 Å². The Morgan fingerprint density at radius 2 is 1.19 bits per heavy atom. The van der Waals surface area contributed by atoms with Crippen molar-refractivity contribution in [2.45, 2.75) is 5.79 Å². The molecule has 1 aromatic rings. The smallest absolute Gasteiger partial charge is 0.437 e. The Balaban J connectivity index is 3.23. The highest BCUT2D eigenvalue weighted by molar-refractivity contribution is 5.91. The van der Waals surface area contributed by atoms with Gasteiger partial charge in [0, 0.05) is 12.1 Å². The topological polar surface area (TPSA) is 242 Å². The van der Waals surface area contributed by atoms with Crippen molar-refractivity contribution in [1.29, 1.82) is 0 Å². The van der Waals surface area contributed by atoms with E-state index in [1.807, 2.05) is 0 Å². The summed E-state index contributed by atoms with van der Waals surface area (Å²) in [6.45, 7) is -1.96. The Kier molecular flexibility index (Phi) is 5.36. The van der Waals surface area contributed by atoms with Crippen LogP contribution >= 0.6 is 0 Å². The second-order valence-corrected chi connectivity index (χ2v) is 4.37. The molecule has 0 fully saturated rings. The number of esters is 1. The second kappa shape index (κ2) is 7.07. The first-order valence-electron chi connectivity index (χ1n) is 5.98. The molecular weight excluding hydrogens is 370 g/mol. The zero-order valence-corrected chi connectivity index (χ0v) is 12.1. The lowest BCUT2D eigenvalue weighted by atomic mass is 10.2. The Morgan fingerprint density at radius 1 is 0.808 bits per heavy atom. The number of hydrogen-bond donors (Lipinski definition) is 0. The average molecular weight is 375 g/mol. The van der Waals surface area contributed by atoms with Crippen molar-refractivity contribution in [3.63, 3.8) is 0 Å². The Labute approximate surface area is 139 Å². The van der Waals surface area contributed by atoms with Gasteiger partial charge in [-0.3, -0.25) is 50.6 Å². The molecule has 1 aromatic carbocycles. The highest BCUT2D eigenvalue weighted by Crippen LogP contribution is 2.24. The minimum absolute atomic E-state index is 0.488. The van der Waals surface area contributed by atoms with Crippen LogP contribution in [-0.4, -0.2) is 43.0 Å². The van der Waals surface area contributed by atoms with Crippen LogP contribution in [0.1, 0.15) is 10.4 Å². The van der Waals surface area contributed by atoms with E-state index in [-0.39, 0.29) is 0 Å². The van der Waals surface area contributed by atoms with Gasteiger partial charge in [-0.1, -0.05) is 0 Å². The Hall–Kier alpha value is -4.31. The zero-order chi connectivity index (χ0) is 20.2. The van der Waals surface area contributed by atoms with Gasteiger partial charge in [0.2, 0.25) is 0 Å². The fourth-order valence-corrected chi connectivity index (χ4v) is 1.53. The van der Waals surface area contributed by atoms with Crippen LogP contribution in [0.2, 0.25) is 0 Å². The fourth-order valence-electron chi connectivity index (χ4n) is 1.53. The number of benzene rings is 1. The number of rotatable bonds is 8. The van der Waals surface area contributed by atoms with Crippen molar-refractivity contribution in [2.75, 3.05) is 6.61 Å². The van der Waals surface area contributed by atoms with Crippen molar-refractivity contribution in [3.8, 4) is 0 Å². The van der Waals surface area contributed by atoms with E-state index in [0.717, 1.165) is 0 Å². The van der Waals surface area contributed by atoms with E-state index in [0.29, 0.717) is 18.2 Å². The van der Waals surface area contributed by atoms with E-state index in [1.165, 1.54) is 0 Å². The third-order valence-corrected chi connectivity index (χ3v) is 2.83. The molecule has 0 bridgehead atoms. The first-order valence-corrected chi connectivity index (χ1v) is 5.98. The van der Waals surface area contributed by atoms with E-state index >= 15 is 0 Å². The van der Waals surface area contributed by atoms with Crippen LogP contribution in [-0.2, 0) is 4.74 Å². The zero-order valence-electron chi connectivity index (χ0n) is 12.1. The van der Waals surface area contributed by atoms with Gasteiger partial charge in [-0.25, -0.2) is 4.79 Å². The van der Waals surface area contributed by atoms with Crippen molar-refractivity contribution in [3.05, 3.63) is 74.3 Å². The third kappa shape index (κ3) is 3.60. The molecule has 1 rings (SSSR count). The molecule has 0 spiro atoms. The van der Waals surface area contributed by atoms with Gasteiger partial charge in [0.15, 0.2) is 14.8 Å². The number of nitro benzene ring substituents is 2. The standard InChI is InChI=1S/C9H5N5O12/c15-8(26-4-9(12(20)21,13(22)23)14(24)25)5-1-6(10(16)17)3-7(2-5)11(18)19/h1-3H,4H2. The summed E-state index contributed by atoms with van der Waals surface area (Å²) in [7, 11) is 0. The molecule has 0 amide bonds. The van der Waals surface area contributed by atoms with Gasteiger partial charge < -0.3 is 4.74 Å². The predicted molar refractivity (Wildman–Crippen MR) is 73.7 cm³/mol. The summed E-state index contributed by atoms with van der Waals surface area (Å²) < 4.78 is 4.14. The number of carbonyl (C=O) groups is 1. The molecule has 0 atom stereocenters. The van der Waals surface area contributed by atoms with Gasteiger partial charge in [0.1, 0.15) is 0 Å². The monoisotopic (exact) mass is 375 g/mol. The van der Waals surface area contributed by atoms with Gasteiger partial charge in [0.05, 0.1) is 21.5 Å². The van der Waals surface area contributed by atoms with Gasteiger partial charge >= 0.3 is 18.4 Å². The van der Waals surface area contributed by atoms with Crippen LogP contribution in [0.15, 0.2) is 18.2 Å². The number of nitrogens with zero attached hydrogens (tertiary/aromatic N) is 5. The fraction of sp³-hybridized carbons (Fsp3) is 0.222. The summed E-state index contributed by atoms with van der Waals surface area (Å²) in [5.41, 5.74) is -2.71. The van der Waals surface area contributed by atoms with E-state index in [2.05, 4.69) is 4.74 Å². The summed E-state index contributed by atoms with van der Waals surface area (Å²) >= 11 is 0. The molecule has 26 heavy (non-hydrogen) atoms. The number of carbonyl (C=O) groups excluding carboxylic acids is 1. The third-order valence-electron chi connectivity index (χ3n) is 2.83. The first kappa shape index (κ1) is 19.7. The number of non-ortho nitro benzene ring substituents is 2. The molecule has 0 unspecified atom stereocenters. The van der Waals surface area contributed by atoms with Gasteiger partial charge in [0.25, 0.3) is 11.4 Å². The molecule has 0 saturated heterocycles. The lowest BCUT2D eigenvalue weighted by Crippen LogP contribution is -2.57. The number of hydrogen-bond acceptors (Lipinski definition) is 12. The lowest BCUT2D eigenvalue weighted by Gasteiger charge is -2.09. The average Bonchev–Trinajstić information content (AvgIpc) is 2.53. The molecule has 138 valence electrons. The minimum Gasteiger partial charge on any atom is -0.437 e. The van der Waals surface area contributed by atoms with Crippen molar-refractivity contribution in [2.24, 2.45) is 0 Å². The van der Waals surface area contributed by atoms with Crippen molar-refractivity contribution < 1.29 is 34.1 Å². The van der Waals surface area contributed by atoms with E-state index in [4.69, 9.17) is 0 Å². The SMILES string of the molecule is O=C(OCC([N+](=O)[O-])([N+](=O)[O-])[N+](=O)[O-])c1cc([N+](=O)[O-])cc([N+](=O)[O-])c1. The van der Waals surface area contributed by atoms with E-state index < -0.39 is 59.9 Å². The normalized spacial score (nSPS) is 10.6. The summed E-state index contributed by atoms with van der Waals surface area (Å²) in [5.74, 6) is -5.82. The molecule has 17 nitrogen and oxygen atoms in total. The molecule has 0 aromatic heterocycles. The van der Waals surface area contributed by atoms with Gasteiger partial charge in [-0.05, 0) is 0 Å². The summed E-state index contributed by atoms with van der Waals surface area (Å²) in [6.07, 6.45) is 0. The number of ether oxygens (including phenoxy) is 1. The Morgan fingerprint density at radius 3 is 1.50 bits per heavy atom.